The molecule has 25 heavy (non-hydrogen) atoms. The van der Waals surface area contributed by atoms with Crippen molar-refractivity contribution < 1.29 is 5.11 Å². The van der Waals surface area contributed by atoms with Crippen molar-refractivity contribution in [2.24, 2.45) is 10.4 Å². The average Bonchev–Trinajstić information content (AvgIpc) is 2.60. The van der Waals surface area contributed by atoms with Gasteiger partial charge in [-0.05, 0) is 57.9 Å². The summed E-state index contributed by atoms with van der Waals surface area (Å²) in [5, 5.41) is 16.2. The van der Waals surface area contributed by atoms with Crippen molar-refractivity contribution >= 4 is 29.9 Å². The molecule has 0 amide bonds. The fourth-order valence-corrected chi connectivity index (χ4v) is 3.54. The van der Waals surface area contributed by atoms with Crippen LogP contribution in [0.1, 0.15) is 66.2 Å². The molecule has 1 atom stereocenters. The van der Waals surface area contributed by atoms with E-state index in [1.54, 1.807) is 0 Å². The molecule has 1 fully saturated rings. The molecule has 5 nitrogen and oxygen atoms in total. The molecule has 1 unspecified atom stereocenters. The molecule has 1 rings (SSSR count). The zero-order valence-electron chi connectivity index (χ0n) is 16.8. The number of hydrogen-bond acceptors (Lipinski definition) is 3. The van der Waals surface area contributed by atoms with Gasteiger partial charge in [0.2, 0.25) is 0 Å². The summed E-state index contributed by atoms with van der Waals surface area (Å²) in [6.07, 6.45) is 6.96. The van der Waals surface area contributed by atoms with E-state index in [0.717, 1.165) is 51.4 Å². The van der Waals surface area contributed by atoms with Crippen LogP contribution in [0.5, 0.6) is 0 Å². The summed E-state index contributed by atoms with van der Waals surface area (Å²) in [4.78, 5) is 7.39. The maximum atomic E-state index is 9.36. The molecule has 1 aliphatic heterocycles. The number of nitrogens with zero attached hydrogens (tertiary/aromatic N) is 2. The lowest BCUT2D eigenvalue weighted by Crippen LogP contribution is -2.45. The molecule has 1 saturated heterocycles. The summed E-state index contributed by atoms with van der Waals surface area (Å²) in [5.41, 5.74) is 0.123. The van der Waals surface area contributed by atoms with Crippen molar-refractivity contribution in [2.45, 2.75) is 72.3 Å². The van der Waals surface area contributed by atoms with Gasteiger partial charge in [-0.1, -0.05) is 20.3 Å². The van der Waals surface area contributed by atoms with Crippen molar-refractivity contribution in [3.63, 3.8) is 0 Å². The van der Waals surface area contributed by atoms with E-state index in [2.05, 4.69) is 43.2 Å². The zero-order chi connectivity index (χ0) is 17.8. The third-order valence-corrected chi connectivity index (χ3v) is 5.69. The third kappa shape index (κ3) is 8.91. The van der Waals surface area contributed by atoms with Crippen LogP contribution in [0.2, 0.25) is 0 Å². The Morgan fingerprint density at radius 1 is 1.20 bits per heavy atom. The normalized spacial score (nSPS) is 19.4. The standard InChI is InChI=1S/C19H40N4O.HI/c1-5-19(6-2,11-15-24)16-22-18(20-7-3)21-12-14-23-13-9-8-10-17(23)4;/h17,24H,5-16H2,1-4H3,(H2,20,21,22);1H. The first-order chi connectivity index (χ1) is 11.6. The number of aliphatic imine (C=N–C) groups is 1. The SMILES string of the molecule is CCNC(=NCC(CC)(CC)CCO)NCCN1CCCCC1C.I. The molecule has 0 aromatic carbocycles. The lowest BCUT2D eigenvalue weighted by Gasteiger charge is -2.33. The van der Waals surface area contributed by atoms with Crippen LogP contribution in [0, 0.1) is 5.41 Å². The van der Waals surface area contributed by atoms with Crippen molar-refractivity contribution in [3.8, 4) is 0 Å². The van der Waals surface area contributed by atoms with Crippen LogP contribution in [0.25, 0.3) is 0 Å². The molecule has 150 valence electrons. The summed E-state index contributed by atoms with van der Waals surface area (Å²) in [6, 6.07) is 0.706. The van der Waals surface area contributed by atoms with E-state index >= 15 is 0 Å². The van der Waals surface area contributed by atoms with Gasteiger partial charge >= 0.3 is 0 Å². The number of nitrogens with one attached hydrogen (secondary N) is 2. The number of likely N-dealkylation sites (tertiary alicyclic amines) is 1. The monoisotopic (exact) mass is 468 g/mol. The number of guanidine groups is 1. The van der Waals surface area contributed by atoms with Crippen LogP contribution in [-0.2, 0) is 0 Å². The first-order valence-electron chi connectivity index (χ1n) is 9.97. The van der Waals surface area contributed by atoms with Gasteiger partial charge in [0.05, 0.1) is 0 Å². The van der Waals surface area contributed by atoms with Crippen LogP contribution in [0.3, 0.4) is 0 Å². The van der Waals surface area contributed by atoms with Gasteiger partial charge in [0.25, 0.3) is 0 Å². The second-order valence-electron chi connectivity index (χ2n) is 7.18. The number of aliphatic hydroxyl groups is 1. The molecule has 3 N–H and O–H groups in total. The van der Waals surface area contributed by atoms with Crippen LogP contribution < -0.4 is 10.6 Å². The summed E-state index contributed by atoms with van der Waals surface area (Å²) in [7, 11) is 0. The molecule has 0 aromatic rings. The second-order valence-corrected chi connectivity index (χ2v) is 7.18. The Morgan fingerprint density at radius 3 is 2.48 bits per heavy atom. The molecule has 0 spiro atoms. The first-order valence-corrected chi connectivity index (χ1v) is 9.97. The van der Waals surface area contributed by atoms with Gasteiger partial charge in [-0.3, -0.25) is 9.89 Å². The Labute approximate surface area is 172 Å². The van der Waals surface area contributed by atoms with E-state index in [1.165, 1.54) is 25.8 Å². The van der Waals surface area contributed by atoms with E-state index in [0.29, 0.717) is 6.04 Å². The largest absolute Gasteiger partial charge is 0.396 e. The van der Waals surface area contributed by atoms with Crippen molar-refractivity contribution in [1.29, 1.82) is 0 Å². The lowest BCUT2D eigenvalue weighted by atomic mass is 9.79. The Morgan fingerprint density at radius 2 is 1.92 bits per heavy atom. The Kier molecular flexibility index (Phi) is 14.0. The predicted octanol–water partition coefficient (Wildman–Crippen LogP) is 3.22. The Hall–Kier alpha value is -0.0800. The van der Waals surface area contributed by atoms with Crippen LogP contribution >= 0.6 is 24.0 Å². The average molecular weight is 468 g/mol. The molecule has 1 heterocycles. The Balaban J connectivity index is 0.00000576. The summed E-state index contributed by atoms with van der Waals surface area (Å²) in [6.45, 7) is 14.0. The van der Waals surface area contributed by atoms with E-state index in [9.17, 15) is 5.11 Å². The van der Waals surface area contributed by atoms with E-state index in [1.807, 2.05) is 0 Å². The molecule has 1 aliphatic rings. The van der Waals surface area contributed by atoms with Gasteiger partial charge in [0.1, 0.15) is 0 Å². The molecular formula is C19H41IN4O. The minimum atomic E-state index is 0. The summed E-state index contributed by atoms with van der Waals surface area (Å²) < 4.78 is 0. The van der Waals surface area contributed by atoms with Crippen molar-refractivity contribution in [1.82, 2.24) is 15.5 Å². The highest BCUT2D eigenvalue weighted by Crippen LogP contribution is 2.30. The van der Waals surface area contributed by atoms with Crippen molar-refractivity contribution in [2.75, 3.05) is 39.3 Å². The van der Waals surface area contributed by atoms with Crippen molar-refractivity contribution in [3.05, 3.63) is 0 Å². The topological polar surface area (TPSA) is 59.9 Å². The van der Waals surface area contributed by atoms with Gasteiger partial charge < -0.3 is 15.7 Å². The summed E-state index contributed by atoms with van der Waals surface area (Å²) >= 11 is 0. The third-order valence-electron chi connectivity index (χ3n) is 5.69. The fourth-order valence-electron chi connectivity index (χ4n) is 3.54. The highest BCUT2D eigenvalue weighted by molar-refractivity contribution is 14.0. The molecule has 0 bridgehead atoms. The number of aliphatic hydroxyl groups excluding tert-OH is 1. The lowest BCUT2D eigenvalue weighted by molar-refractivity contribution is 0.163. The van der Waals surface area contributed by atoms with Crippen LogP contribution in [0.15, 0.2) is 4.99 Å². The molecular weight excluding hydrogens is 427 g/mol. The number of piperidine rings is 1. The van der Waals surface area contributed by atoms with Gasteiger partial charge in [-0.15, -0.1) is 24.0 Å². The molecule has 0 aromatic heterocycles. The quantitative estimate of drug-likeness (QED) is 0.262. The van der Waals surface area contributed by atoms with E-state index in [-0.39, 0.29) is 36.0 Å². The maximum absolute atomic E-state index is 9.36. The highest BCUT2D eigenvalue weighted by Gasteiger charge is 2.25. The summed E-state index contributed by atoms with van der Waals surface area (Å²) in [5.74, 6) is 0.909. The first kappa shape index (κ1) is 24.9. The van der Waals surface area contributed by atoms with Crippen LogP contribution in [-0.4, -0.2) is 61.3 Å². The number of hydrogen-bond donors (Lipinski definition) is 3. The smallest absolute Gasteiger partial charge is 0.191 e. The molecule has 6 heteroatoms. The second kappa shape index (κ2) is 14.0. The van der Waals surface area contributed by atoms with Gasteiger partial charge in [-0.2, -0.15) is 0 Å². The predicted molar refractivity (Wildman–Crippen MR) is 119 cm³/mol. The van der Waals surface area contributed by atoms with Gasteiger partial charge in [-0.25, -0.2) is 0 Å². The van der Waals surface area contributed by atoms with Gasteiger partial charge in [0.15, 0.2) is 5.96 Å². The Bertz CT molecular complexity index is 361. The van der Waals surface area contributed by atoms with Crippen LogP contribution in [0.4, 0.5) is 0 Å². The highest BCUT2D eigenvalue weighted by atomic mass is 127. The molecule has 0 radical (unpaired) electrons. The molecule has 0 aliphatic carbocycles. The van der Waals surface area contributed by atoms with Gasteiger partial charge in [0, 0.05) is 38.8 Å². The maximum Gasteiger partial charge on any atom is 0.191 e. The minimum absolute atomic E-state index is 0. The fraction of sp³-hybridized carbons (Fsp3) is 0.947. The zero-order valence-corrected chi connectivity index (χ0v) is 19.1. The van der Waals surface area contributed by atoms with E-state index in [4.69, 9.17) is 4.99 Å². The number of halogens is 1. The number of rotatable bonds is 10. The minimum Gasteiger partial charge on any atom is -0.396 e. The molecule has 0 saturated carbocycles. The van der Waals surface area contributed by atoms with E-state index < -0.39 is 0 Å².